The zero-order chi connectivity index (χ0) is 12.7. The third-order valence-electron chi connectivity index (χ3n) is 3.62. The van der Waals surface area contributed by atoms with Crippen LogP contribution in [0, 0.1) is 22.7 Å². The van der Waals surface area contributed by atoms with Gasteiger partial charge >= 0.3 is 0 Å². The summed E-state index contributed by atoms with van der Waals surface area (Å²) in [7, 11) is 1.96. The van der Waals surface area contributed by atoms with Gasteiger partial charge < -0.3 is 4.57 Å². The quantitative estimate of drug-likeness (QED) is 0.702. The Labute approximate surface area is 105 Å². The Bertz CT molecular complexity index is 763. The predicted octanol–water partition coefficient (Wildman–Crippen LogP) is 2.93. The molecule has 0 amide bonds. The molecule has 18 heavy (non-hydrogen) atoms. The molecule has 86 valence electrons. The standard InChI is InChI=1S/C15H11N3/c1-18-14-5-3-2-4-11(14)12-7-6-10(8-16)13(9-17)15(12)18/h2-5H,6-7H2,1H3. The van der Waals surface area contributed by atoms with E-state index in [1.807, 2.05) is 23.7 Å². The highest BCUT2D eigenvalue weighted by molar-refractivity contribution is 5.95. The van der Waals surface area contributed by atoms with E-state index >= 15 is 0 Å². The Morgan fingerprint density at radius 3 is 2.61 bits per heavy atom. The molecule has 0 saturated carbocycles. The summed E-state index contributed by atoms with van der Waals surface area (Å²) in [6.07, 6.45) is 1.51. The summed E-state index contributed by atoms with van der Waals surface area (Å²) in [5.41, 5.74) is 4.38. The summed E-state index contributed by atoms with van der Waals surface area (Å²) in [6.45, 7) is 0. The topological polar surface area (TPSA) is 52.5 Å². The van der Waals surface area contributed by atoms with E-state index in [0.29, 0.717) is 17.6 Å². The summed E-state index contributed by atoms with van der Waals surface area (Å²) < 4.78 is 2.03. The first kappa shape index (κ1) is 10.6. The molecule has 0 unspecified atom stereocenters. The summed E-state index contributed by atoms with van der Waals surface area (Å²) in [5.74, 6) is 0. The first-order valence-electron chi connectivity index (χ1n) is 5.88. The van der Waals surface area contributed by atoms with Crippen LogP contribution in [0.1, 0.15) is 17.7 Å². The largest absolute Gasteiger partial charge is 0.343 e. The number of aryl methyl sites for hydroxylation is 2. The van der Waals surface area contributed by atoms with Crippen LogP contribution < -0.4 is 0 Å². The van der Waals surface area contributed by atoms with Crippen LogP contribution in [-0.4, -0.2) is 4.57 Å². The van der Waals surface area contributed by atoms with Gasteiger partial charge in [-0.25, -0.2) is 0 Å². The molecule has 1 aromatic heterocycles. The van der Waals surface area contributed by atoms with Gasteiger partial charge in [0.25, 0.3) is 0 Å². The Morgan fingerprint density at radius 1 is 1.11 bits per heavy atom. The molecule has 0 N–H and O–H groups in total. The van der Waals surface area contributed by atoms with E-state index in [-0.39, 0.29) is 0 Å². The maximum atomic E-state index is 9.32. The number of para-hydroxylation sites is 1. The SMILES string of the molecule is Cn1c2c(c3ccccc31)CCC(C#N)=C2C#N. The molecular formula is C15H11N3. The third kappa shape index (κ3) is 1.22. The highest BCUT2D eigenvalue weighted by Gasteiger charge is 2.24. The van der Waals surface area contributed by atoms with E-state index in [4.69, 9.17) is 5.26 Å². The number of benzene rings is 1. The average Bonchev–Trinajstić information content (AvgIpc) is 2.72. The fourth-order valence-electron chi connectivity index (χ4n) is 2.79. The van der Waals surface area contributed by atoms with E-state index in [9.17, 15) is 5.26 Å². The van der Waals surface area contributed by atoms with E-state index in [1.165, 1.54) is 10.9 Å². The maximum Gasteiger partial charge on any atom is 0.102 e. The van der Waals surface area contributed by atoms with Crippen LogP contribution in [0.2, 0.25) is 0 Å². The van der Waals surface area contributed by atoms with Gasteiger partial charge in [-0.05, 0) is 24.5 Å². The molecule has 0 bridgehead atoms. The lowest BCUT2D eigenvalue weighted by Crippen LogP contribution is -2.06. The summed E-state index contributed by atoms with van der Waals surface area (Å²) >= 11 is 0. The number of hydrogen-bond acceptors (Lipinski definition) is 2. The molecule has 1 aliphatic carbocycles. The fraction of sp³-hybridized carbons (Fsp3) is 0.200. The van der Waals surface area contributed by atoms with Crippen molar-refractivity contribution in [3.63, 3.8) is 0 Å². The Hall–Kier alpha value is -2.52. The number of nitrogens with zero attached hydrogens (tertiary/aromatic N) is 3. The van der Waals surface area contributed by atoms with Crippen LogP contribution in [0.15, 0.2) is 29.8 Å². The highest BCUT2D eigenvalue weighted by Crippen LogP contribution is 2.36. The van der Waals surface area contributed by atoms with Crippen LogP contribution in [0.4, 0.5) is 0 Å². The van der Waals surface area contributed by atoms with Crippen molar-refractivity contribution in [2.24, 2.45) is 7.05 Å². The highest BCUT2D eigenvalue weighted by atomic mass is 15.0. The van der Waals surface area contributed by atoms with Crippen molar-refractivity contribution in [1.82, 2.24) is 4.57 Å². The van der Waals surface area contributed by atoms with Crippen LogP contribution in [0.5, 0.6) is 0 Å². The second-order valence-corrected chi connectivity index (χ2v) is 4.48. The average molecular weight is 233 g/mol. The molecule has 1 aromatic carbocycles. The Balaban J connectivity index is 2.46. The molecule has 0 spiro atoms. The van der Waals surface area contributed by atoms with Crippen molar-refractivity contribution >= 4 is 16.5 Å². The van der Waals surface area contributed by atoms with Crippen LogP contribution in [-0.2, 0) is 13.5 Å². The van der Waals surface area contributed by atoms with Gasteiger partial charge in [-0.1, -0.05) is 18.2 Å². The van der Waals surface area contributed by atoms with Gasteiger partial charge in [0.05, 0.1) is 17.3 Å². The van der Waals surface area contributed by atoms with E-state index in [0.717, 1.165) is 17.6 Å². The number of fused-ring (bicyclic) bond motifs is 3. The molecule has 2 aromatic rings. The number of hydrogen-bond donors (Lipinski definition) is 0. The van der Waals surface area contributed by atoms with Gasteiger partial charge in [0.1, 0.15) is 6.07 Å². The van der Waals surface area contributed by atoms with Crippen LogP contribution >= 0.6 is 0 Å². The summed E-state index contributed by atoms with van der Waals surface area (Å²) in [5, 5.41) is 19.6. The van der Waals surface area contributed by atoms with Crippen molar-refractivity contribution in [3.05, 3.63) is 41.1 Å². The van der Waals surface area contributed by atoms with Gasteiger partial charge in [0.2, 0.25) is 0 Å². The molecule has 3 nitrogen and oxygen atoms in total. The minimum absolute atomic E-state index is 0.539. The molecule has 3 rings (SSSR count). The number of rotatable bonds is 0. The fourth-order valence-corrected chi connectivity index (χ4v) is 2.79. The minimum atomic E-state index is 0.539. The molecule has 0 atom stereocenters. The van der Waals surface area contributed by atoms with E-state index < -0.39 is 0 Å². The van der Waals surface area contributed by atoms with Crippen molar-refractivity contribution in [3.8, 4) is 12.1 Å². The minimum Gasteiger partial charge on any atom is -0.343 e. The second kappa shape index (κ2) is 3.75. The first-order valence-corrected chi connectivity index (χ1v) is 5.88. The first-order chi connectivity index (χ1) is 8.77. The zero-order valence-corrected chi connectivity index (χ0v) is 10.1. The van der Waals surface area contributed by atoms with Crippen molar-refractivity contribution in [1.29, 1.82) is 10.5 Å². The Kier molecular flexibility index (Phi) is 2.21. The lowest BCUT2D eigenvalue weighted by Gasteiger charge is -2.13. The van der Waals surface area contributed by atoms with E-state index in [1.54, 1.807) is 0 Å². The second-order valence-electron chi connectivity index (χ2n) is 4.48. The molecule has 0 saturated heterocycles. The Morgan fingerprint density at radius 2 is 1.89 bits per heavy atom. The van der Waals surface area contributed by atoms with Crippen molar-refractivity contribution < 1.29 is 0 Å². The normalized spacial score (nSPS) is 14.2. The van der Waals surface area contributed by atoms with Crippen LogP contribution in [0.3, 0.4) is 0 Å². The monoisotopic (exact) mass is 233 g/mol. The van der Waals surface area contributed by atoms with E-state index in [2.05, 4.69) is 24.3 Å². The van der Waals surface area contributed by atoms with Gasteiger partial charge in [-0.3, -0.25) is 0 Å². The lowest BCUT2D eigenvalue weighted by atomic mass is 9.90. The molecule has 0 radical (unpaired) electrons. The summed E-state index contributed by atoms with van der Waals surface area (Å²) in [6, 6.07) is 12.5. The molecule has 1 heterocycles. The number of aromatic nitrogens is 1. The van der Waals surface area contributed by atoms with Crippen LogP contribution in [0.25, 0.3) is 16.5 Å². The van der Waals surface area contributed by atoms with Gasteiger partial charge in [0, 0.05) is 23.5 Å². The van der Waals surface area contributed by atoms with Gasteiger partial charge in [-0.15, -0.1) is 0 Å². The maximum absolute atomic E-state index is 9.32. The molecule has 0 aliphatic heterocycles. The molecular weight excluding hydrogens is 222 g/mol. The number of allylic oxidation sites excluding steroid dienone is 2. The van der Waals surface area contributed by atoms with Gasteiger partial charge in [0.15, 0.2) is 0 Å². The number of nitriles is 2. The van der Waals surface area contributed by atoms with Gasteiger partial charge in [-0.2, -0.15) is 10.5 Å². The predicted molar refractivity (Wildman–Crippen MR) is 69.4 cm³/mol. The lowest BCUT2D eigenvalue weighted by molar-refractivity contribution is 0.887. The van der Waals surface area contributed by atoms with Crippen molar-refractivity contribution in [2.75, 3.05) is 0 Å². The summed E-state index contributed by atoms with van der Waals surface area (Å²) in [4.78, 5) is 0. The third-order valence-corrected chi connectivity index (χ3v) is 3.62. The smallest absolute Gasteiger partial charge is 0.102 e. The zero-order valence-electron chi connectivity index (χ0n) is 10.1. The molecule has 3 heteroatoms. The van der Waals surface area contributed by atoms with Crippen molar-refractivity contribution in [2.45, 2.75) is 12.8 Å². The molecule has 1 aliphatic rings. The molecule has 0 fully saturated rings.